The molecule has 0 spiro atoms. The third-order valence-electron chi connectivity index (χ3n) is 4.29. The molecule has 0 saturated carbocycles. The van der Waals surface area contributed by atoms with Gasteiger partial charge in [-0.1, -0.05) is 12.1 Å². The number of nitrogens with zero attached hydrogens (tertiary/aromatic N) is 3. The summed E-state index contributed by atoms with van der Waals surface area (Å²) in [6, 6.07) is 13.1. The zero-order valence-electron chi connectivity index (χ0n) is 13.5. The number of aromatic nitrogens is 1. The first kappa shape index (κ1) is 15.7. The Hall–Kier alpha value is -3.20. The van der Waals surface area contributed by atoms with E-state index in [1.54, 1.807) is 25.4 Å². The van der Waals surface area contributed by atoms with Crippen LogP contribution < -0.4 is 5.32 Å². The Kier molecular flexibility index (Phi) is 3.78. The number of carbonyl (C=O) groups excluding carboxylic acids is 1. The van der Waals surface area contributed by atoms with E-state index in [4.69, 9.17) is 10.7 Å². The van der Waals surface area contributed by atoms with Crippen LogP contribution in [0, 0.1) is 16.7 Å². The minimum Gasteiger partial charge on any atom is -0.346 e. The monoisotopic (exact) mass is 319 g/mol. The number of hydrogen-bond donors (Lipinski definition) is 2. The Bertz CT molecular complexity index is 850. The van der Waals surface area contributed by atoms with E-state index >= 15 is 0 Å². The van der Waals surface area contributed by atoms with Crippen LogP contribution in [0.5, 0.6) is 0 Å². The summed E-state index contributed by atoms with van der Waals surface area (Å²) in [4.78, 5) is 17.8. The number of nitrogens with one attached hydrogen (secondary N) is 2. The third kappa shape index (κ3) is 2.72. The lowest BCUT2D eigenvalue weighted by Gasteiger charge is -2.39. The fraction of sp³-hybridized carbons (Fsp3) is 0.222. The van der Waals surface area contributed by atoms with Crippen LogP contribution in [0.15, 0.2) is 42.6 Å². The topological polar surface area (TPSA) is 92.9 Å². The quantitative estimate of drug-likeness (QED) is 0.887. The average molecular weight is 319 g/mol. The highest BCUT2D eigenvalue weighted by atomic mass is 16.2. The van der Waals surface area contributed by atoms with Gasteiger partial charge < -0.3 is 5.32 Å². The maximum absolute atomic E-state index is 12.1. The van der Waals surface area contributed by atoms with E-state index in [2.05, 4.69) is 16.4 Å². The first-order chi connectivity index (χ1) is 11.4. The molecular weight excluding hydrogens is 302 g/mol. The molecule has 6 nitrogen and oxygen atoms in total. The molecule has 3 rings (SSSR count). The molecule has 1 saturated heterocycles. The normalized spacial score (nSPS) is 20.5. The second-order valence-corrected chi connectivity index (χ2v) is 6.06. The van der Waals surface area contributed by atoms with Crippen molar-refractivity contribution in [3.05, 3.63) is 53.7 Å². The summed E-state index contributed by atoms with van der Waals surface area (Å²) >= 11 is 0. The van der Waals surface area contributed by atoms with Crippen LogP contribution in [-0.2, 0) is 10.3 Å². The van der Waals surface area contributed by atoms with Crippen LogP contribution >= 0.6 is 0 Å². The highest BCUT2D eigenvalue weighted by molar-refractivity contribution is 5.98. The van der Waals surface area contributed by atoms with Gasteiger partial charge in [-0.3, -0.25) is 20.1 Å². The molecule has 1 aromatic carbocycles. The first-order valence-corrected chi connectivity index (χ1v) is 7.53. The lowest BCUT2D eigenvalue weighted by atomic mass is 9.86. The maximum atomic E-state index is 12.1. The van der Waals surface area contributed by atoms with Crippen molar-refractivity contribution in [3.8, 4) is 17.3 Å². The number of benzene rings is 1. The van der Waals surface area contributed by atoms with Gasteiger partial charge in [0.1, 0.15) is 0 Å². The lowest BCUT2D eigenvalue weighted by molar-refractivity contribution is -0.129. The van der Waals surface area contributed by atoms with Crippen molar-refractivity contribution in [1.29, 1.82) is 10.7 Å². The molecule has 1 amide bonds. The van der Waals surface area contributed by atoms with Crippen LogP contribution in [-0.4, -0.2) is 28.8 Å². The molecule has 2 N–H and O–H groups in total. The van der Waals surface area contributed by atoms with Crippen LogP contribution in [0.2, 0.25) is 0 Å². The van der Waals surface area contributed by atoms with Crippen molar-refractivity contribution in [3.63, 3.8) is 0 Å². The van der Waals surface area contributed by atoms with E-state index < -0.39 is 5.54 Å². The second-order valence-electron chi connectivity index (χ2n) is 6.06. The van der Waals surface area contributed by atoms with Crippen LogP contribution in [0.25, 0.3) is 11.3 Å². The molecule has 6 heteroatoms. The Morgan fingerprint density at radius 2 is 2.17 bits per heavy atom. The zero-order chi connectivity index (χ0) is 17.3. The minimum atomic E-state index is -0.662. The third-order valence-corrected chi connectivity index (χ3v) is 4.29. The number of rotatable bonds is 2. The highest BCUT2D eigenvalue weighted by Gasteiger charge is 2.38. The van der Waals surface area contributed by atoms with Gasteiger partial charge >= 0.3 is 0 Å². The number of carbonyl (C=O) groups is 1. The molecule has 1 aliphatic heterocycles. The van der Waals surface area contributed by atoms with Gasteiger partial charge in [0.25, 0.3) is 0 Å². The predicted molar refractivity (Wildman–Crippen MR) is 90.0 cm³/mol. The Morgan fingerprint density at radius 3 is 2.88 bits per heavy atom. The molecule has 1 aromatic heterocycles. The van der Waals surface area contributed by atoms with E-state index in [0.29, 0.717) is 5.56 Å². The molecule has 0 bridgehead atoms. The zero-order valence-corrected chi connectivity index (χ0v) is 13.5. The van der Waals surface area contributed by atoms with Crippen molar-refractivity contribution in [2.45, 2.75) is 18.9 Å². The van der Waals surface area contributed by atoms with Gasteiger partial charge in [-0.15, -0.1) is 0 Å². The molecule has 0 radical (unpaired) electrons. The predicted octanol–water partition coefficient (Wildman–Crippen LogP) is 2.22. The molecule has 2 aromatic rings. The Labute approximate surface area is 140 Å². The molecule has 1 atom stereocenters. The van der Waals surface area contributed by atoms with Crippen molar-refractivity contribution >= 4 is 11.9 Å². The number of pyridine rings is 1. The van der Waals surface area contributed by atoms with Crippen molar-refractivity contribution in [1.82, 2.24) is 15.2 Å². The van der Waals surface area contributed by atoms with Crippen LogP contribution in [0.3, 0.4) is 0 Å². The van der Waals surface area contributed by atoms with Gasteiger partial charge in [0.15, 0.2) is 5.96 Å². The first-order valence-electron chi connectivity index (χ1n) is 7.53. The number of amides is 1. The van der Waals surface area contributed by atoms with Crippen LogP contribution in [0.1, 0.15) is 24.5 Å². The van der Waals surface area contributed by atoms with E-state index in [1.807, 2.05) is 31.2 Å². The van der Waals surface area contributed by atoms with Gasteiger partial charge in [0, 0.05) is 18.8 Å². The van der Waals surface area contributed by atoms with Gasteiger partial charge in [-0.05, 0) is 36.8 Å². The summed E-state index contributed by atoms with van der Waals surface area (Å²) in [5.41, 5.74) is 2.35. The molecule has 24 heavy (non-hydrogen) atoms. The molecule has 1 fully saturated rings. The number of hydrogen-bond acceptors (Lipinski definition) is 4. The number of guanidine groups is 1. The summed E-state index contributed by atoms with van der Waals surface area (Å²) < 4.78 is 0. The summed E-state index contributed by atoms with van der Waals surface area (Å²) in [7, 11) is 1.59. The molecular formula is C18H17N5O. The molecule has 2 heterocycles. The molecule has 120 valence electrons. The SMILES string of the molecule is CN1C(=N)N[C@](C)(c2ccnc(-c3cccc(C#N)c3)c2)CC1=O. The van der Waals surface area contributed by atoms with Gasteiger partial charge in [0.05, 0.1) is 29.3 Å². The second kappa shape index (κ2) is 5.78. The summed E-state index contributed by atoms with van der Waals surface area (Å²) in [6.45, 7) is 1.90. The maximum Gasteiger partial charge on any atom is 0.231 e. The molecule has 0 unspecified atom stereocenters. The fourth-order valence-electron chi connectivity index (χ4n) is 2.79. The standard InChI is InChI=1S/C18H17N5O/c1-18(10-16(24)23(2)17(20)22-18)14-6-7-21-15(9-14)13-5-3-4-12(8-13)11-19/h3-9H,10H2,1-2H3,(H2,20,22)/t18-/m0/s1. The van der Waals surface area contributed by atoms with E-state index in [-0.39, 0.29) is 18.3 Å². The van der Waals surface area contributed by atoms with Crippen molar-refractivity contribution in [2.24, 2.45) is 0 Å². The van der Waals surface area contributed by atoms with E-state index in [1.165, 1.54) is 4.90 Å². The van der Waals surface area contributed by atoms with Crippen molar-refractivity contribution < 1.29 is 4.79 Å². The largest absolute Gasteiger partial charge is 0.346 e. The molecule has 1 aliphatic rings. The molecule has 0 aliphatic carbocycles. The van der Waals surface area contributed by atoms with Gasteiger partial charge in [0.2, 0.25) is 5.91 Å². The summed E-state index contributed by atoms with van der Waals surface area (Å²) in [5, 5.41) is 20.1. The fourth-order valence-corrected chi connectivity index (χ4v) is 2.79. The summed E-state index contributed by atoms with van der Waals surface area (Å²) in [6.07, 6.45) is 1.94. The van der Waals surface area contributed by atoms with Gasteiger partial charge in [-0.25, -0.2) is 0 Å². The lowest BCUT2D eigenvalue weighted by Crippen LogP contribution is -2.58. The smallest absolute Gasteiger partial charge is 0.231 e. The van der Waals surface area contributed by atoms with E-state index in [9.17, 15) is 4.79 Å². The van der Waals surface area contributed by atoms with Crippen LogP contribution in [0.4, 0.5) is 0 Å². The highest BCUT2D eigenvalue weighted by Crippen LogP contribution is 2.30. The van der Waals surface area contributed by atoms with Gasteiger partial charge in [-0.2, -0.15) is 5.26 Å². The number of nitriles is 1. The summed E-state index contributed by atoms with van der Waals surface area (Å²) in [5.74, 6) is -0.0234. The van der Waals surface area contributed by atoms with E-state index in [0.717, 1.165) is 16.8 Å². The minimum absolute atomic E-state index is 0.0820. The average Bonchev–Trinajstić information content (AvgIpc) is 2.60. The van der Waals surface area contributed by atoms with Crippen molar-refractivity contribution in [2.75, 3.05) is 7.05 Å². The Balaban J connectivity index is 2.00. The Morgan fingerprint density at radius 1 is 1.38 bits per heavy atom.